The molecule has 2 aromatic heterocycles. The van der Waals surface area contributed by atoms with Gasteiger partial charge >= 0.3 is 5.97 Å². The number of nitrogens with zero attached hydrogens (tertiary/aromatic N) is 2. The molecule has 1 aliphatic heterocycles. The predicted octanol–water partition coefficient (Wildman–Crippen LogP) is 2.20. The van der Waals surface area contributed by atoms with Crippen molar-refractivity contribution in [1.82, 2.24) is 9.80 Å². The second-order valence-electron chi connectivity index (χ2n) is 5.70. The van der Waals surface area contributed by atoms with Gasteiger partial charge in [0.2, 0.25) is 0 Å². The molecule has 1 aliphatic rings. The number of carbonyl (C=O) groups is 3. The lowest BCUT2D eigenvalue weighted by molar-refractivity contribution is 0.0517. The van der Waals surface area contributed by atoms with Gasteiger partial charge in [0.05, 0.1) is 5.56 Å². The maximum Gasteiger partial charge on any atom is 0.339 e. The molecule has 0 bridgehead atoms. The first-order valence-electron chi connectivity index (χ1n) is 7.98. The second-order valence-corrected chi connectivity index (χ2v) is 6.48. The third kappa shape index (κ3) is 3.43. The van der Waals surface area contributed by atoms with Gasteiger partial charge in [0.25, 0.3) is 11.8 Å². The van der Waals surface area contributed by atoms with Crippen LogP contribution in [0.25, 0.3) is 0 Å². The van der Waals surface area contributed by atoms with E-state index < -0.39 is 5.97 Å². The number of thiophene rings is 1. The van der Waals surface area contributed by atoms with E-state index in [1.165, 1.54) is 17.4 Å². The second kappa shape index (κ2) is 7.10. The summed E-state index contributed by atoms with van der Waals surface area (Å²) in [7, 11) is 0. The average molecular weight is 362 g/mol. The first kappa shape index (κ1) is 17.2. The summed E-state index contributed by atoms with van der Waals surface area (Å²) in [4.78, 5) is 39.4. The Balaban J connectivity index is 1.66. The van der Waals surface area contributed by atoms with E-state index in [0.717, 1.165) is 0 Å². The van der Waals surface area contributed by atoms with Crippen LogP contribution in [0.4, 0.5) is 0 Å². The number of carboxylic acids is 1. The Kier molecular flexibility index (Phi) is 4.89. The molecule has 8 heteroatoms. The minimum absolute atomic E-state index is 0.0251. The van der Waals surface area contributed by atoms with Crippen molar-refractivity contribution in [3.05, 3.63) is 45.5 Å². The number of aromatic carboxylic acids is 1. The first-order valence-corrected chi connectivity index (χ1v) is 8.92. The van der Waals surface area contributed by atoms with E-state index in [2.05, 4.69) is 0 Å². The van der Waals surface area contributed by atoms with Crippen molar-refractivity contribution in [2.45, 2.75) is 13.3 Å². The molecule has 7 nitrogen and oxygen atoms in total. The van der Waals surface area contributed by atoms with Gasteiger partial charge in [-0.2, -0.15) is 11.3 Å². The van der Waals surface area contributed by atoms with E-state index in [4.69, 9.17) is 9.52 Å². The molecule has 1 fully saturated rings. The molecule has 0 spiro atoms. The van der Waals surface area contributed by atoms with Crippen molar-refractivity contribution < 1.29 is 23.9 Å². The smallest absolute Gasteiger partial charge is 0.339 e. The van der Waals surface area contributed by atoms with Crippen molar-refractivity contribution in [2.24, 2.45) is 0 Å². The van der Waals surface area contributed by atoms with Crippen molar-refractivity contribution in [3.63, 3.8) is 0 Å². The summed E-state index contributed by atoms with van der Waals surface area (Å²) in [6, 6.07) is 3.07. The fourth-order valence-corrected chi connectivity index (χ4v) is 3.44. The summed E-state index contributed by atoms with van der Waals surface area (Å²) in [6.07, 6.45) is 0.401. The largest absolute Gasteiger partial charge is 0.478 e. The Hall–Kier alpha value is -2.61. The summed E-state index contributed by atoms with van der Waals surface area (Å²) < 4.78 is 5.42. The first-order chi connectivity index (χ1) is 12.0. The van der Waals surface area contributed by atoms with E-state index in [-0.39, 0.29) is 23.1 Å². The Morgan fingerprint density at radius 2 is 1.80 bits per heavy atom. The fourth-order valence-electron chi connectivity index (χ4n) is 2.81. The van der Waals surface area contributed by atoms with Gasteiger partial charge in [-0.1, -0.05) is 6.92 Å². The zero-order valence-electron chi connectivity index (χ0n) is 13.7. The van der Waals surface area contributed by atoms with E-state index in [1.54, 1.807) is 22.8 Å². The van der Waals surface area contributed by atoms with Gasteiger partial charge in [-0.15, -0.1) is 0 Å². The lowest BCUT2D eigenvalue weighted by atomic mass is 10.2. The van der Waals surface area contributed by atoms with Gasteiger partial charge in [-0.25, -0.2) is 4.79 Å². The Morgan fingerprint density at radius 1 is 1.16 bits per heavy atom. The highest BCUT2D eigenvalue weighted by Crippen LogP contribution is 2.19. The third-order valence-corrected chi connectivity index (χ3v) is 4.88. The van der Waals surface area contributed by atoms with Crippen LogP contribution in [0.2, 0.25) is 0 Å². The molecule has 0 unspecified atom stereocenters. The van der Waals surface area contributed by atoms with Crippen LogP contribution in [-0.2, 0) is 6.42 Å². The molecular formula is C17H18N2O5S. The van der Waals surface area contributed by atoms with Crippen LogP contribution in [0.3, 0.4) is 0 Å². The van der Waals surface area contributed by atoms with E-state index in [0.29, 0.717) is 43.9 Å². The van der Waals surface area contributed by atoms with E-state index in [9.17, 15) is 14.4 Å². The predicted molar refractivity (Wildman–Crippen MR) is 91.2 cm³/mol. The maximum atomic E-state index is 12.5. The zero-order chi connectivity index (χ0) is 18.0. The summed E-state index contributed by atoms with van der Waals surface area (Å²) >= 11 is 1.47. The Morgan fingerprint density at radius 3 is 2.28 bits per heavy atom. The molecule has 0 radical (unpaired) electrons. The number of carboxylic acid groups (broad SMARTS) is 1. The molecule has 0 aromatic carbocycles. The lowest BCUT2D eigenvalue weighted by Gasteiger charge is -2.34. The van der Waals surface area contributed by atoms with Gasteiger partial charge in [0.1, 0.15) is 11.3 Å². The average Bonchev–Trinajstić information content (AvgIpc) is 3.30. The normalized spacial score (nSPS) is 14.6. The molecule has 3 heterocycles. The van der Waals surface area contributed by atoms with Gasteiger partial charge in [0, 0.05) is 44.0 Å². The van der Waals surface area contributed by atoms with Gasteiger partial charge in [-0.3, -0.25) is 9.59 Å². The summed E-state index contributed by atoms with van der Waals surface area (Å²) in [5, 5.41) is 12.8. The number of hydrogen-bond acceptors (Lipinski definition) is 5. The Bertz CT molecular complexity index is 788. The number of hydrogen-bond donors (Lipinski definition) is 1. The van der Waals surface area contributed by atoms with Crippen LogP contribution in [0.5, 0.6) is 0 Å². The molecule has 3 rings (SSSR count). The van der Waals surface area contributed by atoms with Gasteiger partial charge in [-0.05, 0) is 11.4 Å². The zero-order valence-corrected chi connectivity index (χ0v) is 14.5. The van der Waals surface area contributed by atoms with Crippen LogP contribution in [-0.4, -0.2) is 58.9 Å². The number of aryl methyl sites for hydroxylation is 1. The van der Waals surface area contributed by atoms with Crippen LogP contribution < -0.4 is 0 Å². The van der Waals surface area contributed by atoms with Crippen molar-refractivity contribution in [3.8, 4) is 0 Å². The highest BCUT2D eigenvalue weighted by Gasteiger charge is 2.28. The lowest BCUT2D eigenvalue weighted by Crippen LogP contribution is -2.50. The number of rotatable bonds is 4. The van der Waals surface area contributed by atoms with Gasteiger partial charge in [0.15, 0.2) is 5.76 Å². The molecule has 132 valence electrons. The molecule has 2 amide bonds. The van der Waals surface area contributed by atoms with Crippen LogP contribution in [0.15, 0.2) is 27.3 Å². The summed E-state index contributed by atoms with van der Waals surface area (Å²) in [5.41, 5.74) is 0.687. The van der Waals surface area contributed by atoms with Crippen LogP contribution in [0, 0.1) is 0 Å². The molecule has 1 N–H and O–H groups in total. The number of piperazine rings is 1. The molecule has 0 saturated carbocycles. The highest BCUT2D eigenvalue weighted by molar-refractivity contribution is 7.08. The molecule has 25 heavy (non-hydrogen) atoms. The number of carbonyl (C=O) groups excluding carboxylic acids is 2. The molecule has 0 atom stereocenters. The number of amides is 2. The molecular weight excluding hydrogens is 344 g/mol. The minimum Gasteiger partial charge on any atom is -0.478 e. The SMILES string of the molecule is CCc1oc(C(=O)N2CCN(C(=O)c3ccsc3)CC2)cc1C(=O)O. The molecule has 0 aliphatic carbocycles. The van der Waals surface area contributed by atoms with Crippen molar-refractivity contribution >= 4 is 29.1 Å². The minimum atomic E-state index is -1.11. The Labute approximate surface area is 148 Å². The van der Waals surface area contributed by atoms with E-state index in [1.807, 2.05) is 10.8 Å². The highest BCUT2D eigenvalue weighted by atomic mass is 32.1. The standard InChI is InChI=1S/C17H18N2O5S/c1-2-13-12(17(22)23)9-14(24-13)16(21)19-6-4-18(5-7-19)15(20)11-3-8-25-10-11/h3,8-10H,2,4-7H2,1H3,(H,22,23). The van der Waals surface area contributed by atoms with E-state index >= 15 is 0 Å². The summed E-state index contributed by atoms with van der Waals surface area (Å²) in [5.74, 6) is -1.16. The van der Waals surface area contributed by atoms with Gasteiger partial charge < -0.3 is 19.3 Å². The molecule has 1 saturated heterocycles. The van der Waals surface area contributed by atoms with Crippen molar-refractivity contribution in [1.29, 1.82) is 0 Å². The quantitative estimate of drug-likeness (QED) is 0.900. The van der Waals surface area contributed by atoms with Crippen LogP contribution >= 0.6 is 11.3 Å². The fraction of sp³-hybridized carbons (Fsp3) is 0.353. The third-order valence-electron chi connectivity index (χ3n) is 4.19. The molecule has 2 aromatic rings. The number of furan rings is 1. The van der Waals surface area contributed by atoms with Crippen molar-refractivity contribution in [2.75, 3.05) is 26.2 Å². The van der Waals surface area contributed by atoms with Crippen LogP contribution in [0.1, 0.15) is 44.0 Å². The topological polar surface area (TPSA) is 91.1 Å². The maximum absolute atomic E-state index is 12.5. The summed E-state index contributed by atoms with van der Waals surface area (Å²) in [6.45, 7) is 3.42. The monoisotopic (exact) mass is 362 g/mol.